The molecule has 35 valence electrons. The van der Waals surface area contributed by atoms with Crippen LogP contribution in [0.25, 0.3) is 0 Å². The third kappa shape index (κ3) is 3.23. The van der Waals surface area contributed by atoms with Crippen molar-refractivity contribution in [3.05, 3.63) is 0 Å². The Morgan fingerprint density at radius 2 is 2.50 bits per heavy atom. The van der Waals surface area contributed by atoms with E-state index in [4.69, 9.17) is 5.73 Å². The lowest BCUT2D eigenvalue weighted by Gasteiger charge is -1.88. The van der Waals surface area contributed by atoms with Crippen LogP contribution in [0.1, 0.15) is 0 Å². The van der Waals surface area contributed by atoms with Gasteiger partial charge in [0.1, 0.15) is 0 Å². The first-order chi connectivity index (χ1) is 2.77. The summed E-state index contributed by atoms with van der Waals surface area (Å²) >= 11 is 0. The number of primary amides is 1. The van der Waals surface area contributed by atoms with Crippen LogP contribution in [0.15, 0.2) is 0 Å². The van der Waals surface area contributed by atoms with Crippen molar-refractivity contribution >= 4 is 6.09 Å². The van der Waals surface area contributed by atoms with Gasteiger partial charge in [0.05, 0.1) is 0 Å². The Balaban J connectivity index is 2.83. The van der Waals surface area contributed by atoms with E-state index >= 15 is 0 Å². The number of hydrogen-bond donors (Lipinski definition) is 1. The van der Waals surface area contributed by atoms with Gasteiger partial charge in [-0.05, 0) is 0 Å². The first kappa shape index (κ1) is 5.23. The molecule has 4 nitrogen and oxygen atoms in total. The SMILES string of the molecule is [NH]COC(N)=O. The predicted octanol–water partition coefficient (Wildman–Crippen LogP) is -0.678. The summed E-state index contributed by atoms with van der Waals surface area (Å²) in [5, 5.41) is 0. The Labute approximate surface area is 35.1 Å². The van der Waals surface area contributed by atoms with Gasteiger partial charge in [-0.15, -0.1) is 0 Å². The highest BCUT2D eigenvalue weighted by Gasteiger charge is 1.83. The van der Waals surface area contributed by atoms with Crippen molar-refractivity contribution in [3.8, 4) is 0 Å². The van der Waals surface area contributed by atoms with Crippen molar-refractivity contribution in [1.29, 1.82) is 0 Å². The molecule has 0 aliphatic carbocycles. The second kappa shape index (κ2) is 2.47. The van der Waals surface area contributed by atoms with Crippen molar-refractivity contribution in [1.82, 2.24) is 5.73 Å². The molecule has 0 heterocycles. The van der Waals surface area contributed by atoms with Crippen molar-refractivity contribution < 1.29 is 9.53 Å². The molecular formula is C2H5N2O2. The minimum Gasteiger partial charge on any atom is -0.432 e. The fourth-order valence-corrected chi connectivity index (χ4v) is 0.0711. The summed E-state index contributed by atoms with van der Waals surface area (Å²) in [4.78, 5) is 9.48. The van der Waals surface area contributed by atoms with E-state index in [-0.39, 0.29) is 0 Å². The van der Waals surface area contributed by atoms with E-state index < -0.39 is 12.8 Å². The lowest BCUT2D eigenvalue weighted by molar-refractivity contribution is 0.158. The van der Waals surface area contributed by atoms with Crippen LogP contribution in [0.5, 0.6) is 0 Å². The first-order valence-corrected chi connectivity index (χ1v) is 1.34. The smallest absolute Gasteiger partial charge is 0.405 e. The van der Waals surface area contributed by atoms with Crippen molar-refractivity contribution in [2.75, 3.05) is 6.73 Å². The Kier molecular flexibility index (Phi) is 2.15. The standard InChI is InChI=1S/C2H5N2O2/c3-1-6-2(4)5/h3H,1H2,(H2,4,5). The number of nitrogens with one attached hydrogen (secondary N) is 1. The predicted molar refractivity (Wildman–Crippen MR) is 18.6 cm³/mol. The van der Waals surface area contributed by atoms with Gasteiger partial charge in [0.15, 0.2) is 6.73 Å². The molecule has 0 spiro atoms. The van der Waals surface area contributed by atoms with Crippen LogP contribution < -0.4 is 11.5 Å². The minimum absolute atomic E-state index is 0.394. The normalized spacial score (nSPS) is 7.50. The third-order valence-electron chi connectivity index (χ3n) is 0.214. The number of ether oxygens (including phenoxy) is 1. The number of nitrogens with two attached hydrogens (primary N) is 1. The topological polar surface area (TPSA) is 76.1 Å². The number of amides is 1. The van der Waals surface area contributed by atoms with E-state index in [9.17, 15) is 4.79 Å². The summed E-state index contributed by atoms with van der Waals surface area (Å²) in [6.45, 7) is -0.394. The molecule has 4 heteroatoms. The molecule has 0 fully saturated rings. The Bertz CT molecular complexity index is 53.5. The summed E-state index contributed by atoms with van der Waals surface area (Å²) in [5.74, 6) is 0. The van der Waals surface area contributed by atoms with Gasteiger partial charge in [-0.1, -0.05) is 0 Å². The van der Waals surface area contributed by atoms with E-state index in [1.54, 1.807) is 0 Å². The highest BCUT2D eigenvalue weighted by atomic mass is 16.6. The maximum Gasteiger partial charge on any atom is 0.405 e. The minimum atomic E-state index is -0.898. The van der Waals surface area contributed by atoms with Gasteiger partial charge in [-0.2, -0.15) is 0 Å². The number of hydrogen-bond acceptors (Lipinski definition) is 2. The molecule has 0 saturated heterocycles. The average molecular weight is 89.1 g/mol. The zero-order valence-corrected chi connectivity index (χ0v) is 3.10. The number of carbonyl (C=O) groups is 1. The largest absolute Gasteiger partial charge is 0.432 e. The second-order valence-electron chi connectivity index (χ2n) is 0.608. The monoisotopic (exact) mass is 89.0 g/mol. The molecule has 1 amide bonds. The zero-order chi connectivity index (χ0) is 4.99. The summed E-state index contributed by atoms with van der Waals surface area (Å²) in [6.07, 6.45) is -0.898. The maximum absolute atomic E-state index is 9.48. The third-order valence-corrected chi connectivity index (χ3v) is 0.214. The lowest BCUT2D eigenvalue weighted by atomic mass is 11.2. The van der Waals surface area contributed by atoms with Crippen LogP contribution in [-0.4, -0.2) is 12.8 Å². The molecule has 0 bridgehead atoms. The van der Waals surface area contributed by atoms with Gasteiger partial charge in [-0.25, -0.2) is 10.5 Å². The number of carbonyl (C=O) groups excluding carboxylic acids is 1. The van der Waals surface area contributed by atoms with Crippen molar-refractivity contribution in [2.45, 2.75) is 0 Å². The van der Waals surface area contributed by atoms with E-state index in [1.165, 1.54) is 0 Å². The Morgan fingerprint density at radius 3 is 2.50 bits per heavy atom. The van der Waals surface area contributed by atoms with E-state index in [2.05, 4.69) is 10.5 Å². The van der Waals surface area contributed by atoms with E-state index in [0.717, 1.165) is 0 Å². The van der Waals surface area contributed by atoms with Crippen LogP contribution in [0.3, 0.4) is 0 Å². The summed E-state index contributed by atoms with van der Waals surface area (Å²) in [6, 6.07) is 0. The van der Waals surface area contributed by atoms with Gasteiger partial charge >= 0.3 is 6.09 Å². The van der Waals surface area contributed by atoms with E-state index in [0.29, 0.717) is 0 Å². The molecule has 0 unspecified atom stereocenters. The average Bonchev–Trinajstić information content (AvgIpc) is 1.35. The summed E-state index contributed by atoms with van der Waals surface area (Å²) in [7, 11) is 0. The van der Waals surface area contributed by atoms with Crippen molar-refractivity contribution in [3.63, 3.8) is 0 Å². The maximum atomic E-state index is 9.48. The van der Waals surface area contributed by atoms with Crippen LogP contribution >= 0.6 is 0 Å². The highest BCUT2D eigenvalue weighted by molar-refractivity contribution is 5.64. The molecule has 3 N–H and O–H groups in total. The van der Waals surface area contributed by atoms with Crippen LogP contribution in [0.4, 0.5) is 4.79 Å². The molecule has 0 aromatic rings. The highest BCUT2D eigenvalue weighted by Crippen LogP contribution is 1.62. The molecule has 0 aliphatic rings. The molecule has 0 saturated carbocycles. The fourth-order valence-electron chi connectivity index (χ4n) is 0.0711. The summed E-state index contributed by atoms with van der Waals surface area (Å²) in [5.41, 5.74) is 10.6. The van der Waals surface area contributed by atoms with Crippen molar-refractivity contribution in [2.24, 2.45) is 5.73 Å². The second-order valence-corrected chi connectivity index (χ2v) is 0.608. The molecule has 0 aliphatic heterocycles. The van der Waals surface area contributed by atoms with E-state index in [1.807, 2.05) is 0 Å². The van der Waals surface area contributed by atoms with Gasteiger partial charge in [0, 0.05) is 0 Å². The van der Waals surface area contributed by atoms with Gasteiger partial charge < -0.3 is 10.5 Å². The molecule has 1 radical (unpaired) electrons. The summed E-state index contributed by atoms with van der Waals surface area (Å²) < 4.78 is 3.85. The fraction of sp³-hybridized carbons (Fsp3) is 0.500. The molecular weight excluding hydrogens is 84.0 g/mol. The molecule has 0 aromatic heterocycles. The molecule has 0 rings (SSSR count). The van der Waals surface area contributed by atoms with Gasteiger partial charge in [0.2, 0.25) is 0 Å². The first-order valence-electron chi connectivity index (χ1n) is 1.34. The number of rotatable bonds is 1. The molecule has 6 heavy (non-hydrogen) atoms. The van der Waals surface area contributed by atoms with Gasteiger partial charge in [0.25, 0.3) is 0 Å². The zero-order valence-electron chi connectivity index (χ0n) is 3.10. The van der Waals surface area contributed by atoms with Crippen LogP contribution in [0.2, 0.25) is 0 Å². The molecule has 0 atom stereocenters. The van der Waals surface area contributed by atoms with Gasteiger partial charge in [-0.3, -0.25) is 0 Å². The Hall–Kier alpha value is -0.770. The molecule has 0 aromatic carbocycles. The Morgan fingerprint density at radius 1 is 2.00 bits per heavy atom. The lowest BCUT2D eigenvalue weighted by Crippen LogP contribution is -2.13. The quantitative estimate of drug-likeness (QED) is 0.462. The van der Waals surface area contributed by atoms with Crippen LogP contribution in [0, 0.1) is 0 Å². The van der Waals surface area contributed by atoms with Crippen LogP contribution in [-0.2, 0) is 4.74 Å².